The monoisotopic (exact) mass is 577 g/mol. The van der Waals surface area contributed by atoms with Crippen molar-refractivity contribution in [2.75, 3.05) is 38.5 Å². The molecule has 2 aromatic carbocycles. The summed E-state index contributed by atoms with van der Waals surface area (Å²) >= 11 is 12.7. The first-order chi connectivity index (χ1) is 18.2. The molecule has 4 rings (SSSR count). The lowest BCUT2D eigenvalue weighted by atomic mass is 10.1. The largest absolute Gasteiger partial charge is 0.461 e. The molecule has 0 spiro atoms. The lowest BCUT2D eigenvalue weighted by Crippen LogP contribution is -2.33. The van der Waals surface area contributed by atoms with E-state index in [1.807, 2.05) is 49.4 Å². The van der Waals surface area contributed by atoms with E-state index >= 15 is 0 Å². The van der Waals surface area contributed by atoms with Gasteiger partial charge in [-0.3, -0.25) is 9.80 Å². The predicted octanol–water partition coefficient (Wildman–Crippen LogP) is 4.77. The molecule has 0 saturated carbocycles. The van der Waals surface area contributed by atoms with E-state index in [1.165, 1.54) is 0 Å². The summed E-state index contributed by atoms with van der Waals surface area (Å²) in [5.74, 6) is -0.461. The number of sulfone groups is 1. The van der Waals surface area contributed by atoms with E-state index in [0.29, 0.717) is 64.6 Å². The van der Waals surface area contributed by atoms with Gasteiger partial charge >= 0.3 is 5.97 Å². The summed E-state index contributed by atoms with van der Waals surface area (Å²) in [6, 6.07) is 15.5. The Balaban J connectivity index is 1.43. The zero-order valence-electron chi connectivity index (χ0n) is 21.7. The standard InChI is InChI=1S/C28H33Cl2N3O4S/c1-3-32-13-15-38(35,36)26-16-23(20(2)31-25(26)19-32)28(34)37-14-12-33(17-21-8-5-4-6-9-21)18-22-10-7-11-24(29)27(22)30/h4-11,31H,3,12-19H2,1-2H3. The molecule has 0 atom stereocenters. The SMILES string of the molecule is CCN1CCS(=O)(=O)C2=C(C1)NC(C)=C(C(=O)OCCN(Cc1ccccc1)Cc1cccc(Cl)c1Cl)C2. The molecule has 1 N–H and O–H groups in total. The minimum atomic E-state index is -3.46. The Morgan fingerprint density at radius 2 is 1.87 bits per heavy atom. The van der Waals surface area contributed by atoms with Crippen LogP contribution in [0.4, 0.5) is 0 Å². The maximum absolute atomic E-state index is 13.1. The number of carbonyl (C=O) groups is 1. The maximum atomic E-state index is 13.1. The van der Waals surface area contributed by atoms with Crippen LogP contribution in [0.2, 0.25) is 10.0 Å². The van der Waals surface area contributed by atoms with E-state index in [2.05, 4.69) is 15.1 Å². The van der Waals surface area contributed by atoms with Crippen molar-refractivity contribution < 1.29 is 17.9 Å². The molecule has 2 aliphatic rings. The summed E-state index contributed by atoms with van der Waals surface area (Å²) in [4.78, 5) is 17.6. The molecule has 7 nitrogen and oxygen atoms in total. The van der Waals surface area contributed by atoms with Crippen molar-refractivity contribution in [1.82, 2.24) is 15.1 Å². The van der Waals surface area contributed by atoms with Gasteiger partial charge in [-0.15, -0.1) is 0 Å². The number of carbonyl (C=O) groups excluding carboxylic acids is 1. The highest BCUT2D eigenvalue weighted by molar-refractivity contribution is 7.95. The molecule has 0 aromatic heterocycles. The van der Waals surface area contributed by atoms with Gasteiger partial charge in [-0.2, -0.15) is 0 Å². The average Bonchev–Trinajstić information content (AvgIpc) is 3.01. The molecule has 0 bridgehead atoms. The number of dihydropyridines is 1. The van der Waals surface area contributed by atoms with Crippen LogP contribution < -0.4 is 5.32 Å². The topological polar surface area (TPSA) is 79.0 Å². The number of allylic oxidation sites excluding steroid dienone is 2. The van der Waals surface area contributed by atoms with Gasteiger partial charge in [-0.25, -0.2) is 13.2 Å². The number of benzene rings is 2. The van der Waals surface area contributed by atoms with E-state index in [0.717, 1.165) is 17.7 Å². The lowest BCUT2D eigenvalue weighted by molar-refractivity contribution is -0.139. The molecule has 0 fully saturated rings. The van der Waals surface area contributed by atoms with Crippen molar-refractivity contribution in [1.29, 1.82) is 0 Å². The van der Waals surface area contributed by atoms with Crippen molar-refractivity contribution in [2.24, 2.45) is 0 Å². The third kappa shape index (κ3) is 6.98. The Kier molecular flexibility index (Phi) is 9.54. The zero-order valence-corrected chi connectivity index (χ0v) is 24.0. The first-order valence-electron chi connectivity index (χ1n) is 12.7. The minimum absolute atomic E-state index is 0.0449. The fraction of sp³-hybridized carbons (Fsp3) is 0.393. The number of nitrogens with one attached hydrogen (secondary N) is 1. The number of hydrogen-bond acceptors (Lipinski definition) is 7. The van der Waals surface area contributed by atoms with E-state index in [1.54, 1.807) is 13.0 Å². The van der Waals surface area contributed by atoms with Gasteiger partial charge in [0.2, 0.25) is 0 Å². The average molecular weight is 579 g/mol. The predicted molar refractivity (Wildman–Crippen MR) is 151 cm³/mol. The summed E-state index contributed by atoms with van der Waals surface area (Å²) in [5.41, 5.74) is 3.64. The number of nitrogens with zero attached hydrogens (tertiary/aromatic N) is 2. The van der Waals surface area contributed by atoms with Crippen LogP contribution in [0.5, 0.6) is 0 Å². The number of halogens is 2. The molecule has 38 heavy (non-hydrogen) atoms. The van der Waals surface area contributed by atoms with Crippen molar-refractivity contribution >= 4 is 39.0 Å². The molecule has 0 saturated heterocycles. The highest BCUT2D eigenvalue weighted by atomic mass is 35.5. The van der Waals surface area contributed by atoms with Crippen molar-refractivity contribution in [2.45, 2.75) is 33.4 Å². The van der Waals surface area contributed by atoms with Gasteiger partial charge in [0.15, 0.2) is 9.84 Å². The number of likely N-dealkylation sites (N-methyl/N-ethyl adjacent to an activating group) is 1. The smallest absolute Gasteiger partial charge is 0.336 e. The Hall–Kier alpha value is -2.36. The Bertz CT molecular complexity index is 1340. The van der Waals surface area contributed by atoms with E-state index in [9.17, 15) is 13.2 Å². The third-order valence-electron chi connectivity index (χ3n) is 6.91. The van der Waals surface area contributed by atoms with Crippen LogP contribution >= 0.6 is 23.2 Å². The van der Waals surface area contributed by atoms with Crippen LogP contribution in [0.25, 0.3) is 0 Å². The molecule has 2 heterocycles. The van der Waals surface area contributed by atoms with Gasteiger partial charge in [-0.05, 0) is 30.7 Å². The van der Waals surface area contributed by atoms with Crippen LogP contribution in [-0.4, -0.2) is 62.7 Å². The molecule has 2 aromatic rings. The van der Waals surface area contributed by atoms with Crippen molar-refractivity contribution in [3.63, 3.8) is 0 Å². The van der Waals surface area contributed by atoms with Gasteiger partial charge in [0, 0.05) is 50.5 Å². The van der Waals surface area contributed by atoms with Crippen LogP contribution in [-0.2, 0) is 32.5 Å². The summed E-state index contributed by atoms with van der Waals surface area (Å²) in [6.45, 7) is 7.30. The molecule has 0 amide bonds. The Morgan fingerprint density at radius 1 is 1.11 bits per heavy atom. The van der Waals surface area contributed by atoms with Gasteiger partial charge in [0.25, 0.3) is 0 Å². The van der Waals surface area contributed by atoms with Gasteiger partial charge in [0.05, 0.1) is 26.3 Å². The summed E-state index contributed by atoms with van der Waals surface area (Å²) < 4.78 is 31.6. The van der Waals surface area contributed by atoms with Gasteiger partial charge in [0.1, 0.15) is 6.61 Å². The van der Waals surface area contributed by atoms with E-state index in [-0.39, 0.29) is 18.8 Å². The molecule has 204 valence electrons. The quantitative estimate of drug-likeness (QED) is 0.430. The number of rotatable bonds is 9. The maximum Gasteiger partial charge on any atom is 0.336 e. The third-order valence-corrected chi connectivity index (χ3v) is 9.63. The van der Waals surface area contributed by atoms with Crippen LogP contribution in [0.3, 0.4) is 0 Å². The lowest BCUT2D eigenvalue weighted by Gasteiger charge is -2.26. The number of hydrogen-bond donors (Lipinski definition) is 1. The molecular weight excluding hydrogens is 545 g/mol. The minimum Gasteiger partial charge on any atom is -0.461 e. The highest BCUT2D eigenvalue weighted by Gasteiger charge is 2.34. The summed E-state index contributed by atoms with van der Waals surface area (Å²) in [7, 11) is -3.46. The summed E-state index contributed by atoms with van der Waals surface area (Å²) in [5, 5.41) is 4.19. The zero-order chi connectivity index (χ0) is 27.3. The second-order valence-electron chi connectivity index (χ2n) is 9.54. The number of ether oxygens (including phenoxy) is 1. The van der Waals surface area contributed by atoms with Crippen LogP contribution in [0.1, 0.15) is 31.4 Å². The van der Waals surface area contributed by atoms with Crippen LogP contribution in [0, 0.1) is 0 Å². The molecule has 10 heteroatoms. The fourth-order valence-electron chi connectivity index (χ4n) is 4.69. The fourth-order valence-corrected chi connectivity index (χ4v) is 6.67. The van der Waals surface area contributed by atoms with Gasteiger partial charge in [-0.1, -0.05) is 72.6 Å². The first kappa shape index (κ1) is 28.6. The Morgan fingerprint density at radius 3 is 2.61 bits per heavy atom. The van der Waals surface area contributed by atoms with Crippen molar-refractivity contribution in [3.8, 4) is 0 Å². The second kappa shape index (κ2) is 12.7. The Labute approximate surface area is 235 Å². The second-order valence-corrected chi connectivity index (χ2v) is 12.5. The molecular formula is C28H33Cl2N3O4S. The molecule has 0 radical (unpaired) electrons. The number of esters is 1. The highest BCUT2D eigenvalue weighted by Crippen LogP contribution is 2.31. The van der Waals surface area contributed by atoms with Gasteiger partial charge < -0.3 is 10.1 Å². The van der Waals surface area contributed by atoms with Crippen molar-refractivity contribution in [3.05, 3.63) is 91.6 Å². The van der Waals surface area contributed by atoms with E-state index < -0.39 is 15.8 Å². The molecule has 0 unspecified atom stereocenters. The normalized spacial score (nSPS) is 17.7. The first-order valence-corrected chi connectivity index (χ1v) is 15.1. The van der Waals surface area contributed by atoms with Crippen LogP contribution in [0.15, 0.2) is 70.4 Å². The summed E-state index contributed by atoms with van der Waals surface area (Å²) in [6.07, 6.45) is 0.0543. The molecule has 2 aliphatic heterocycles. The van der Waals surface area contributed by atoms with E-state index in [4.69, 9.17) is 27.9 Å². The molecule has 0 aliphatic carbocycles.